The van der Waals surface area contributed by atoms with E-state index in [1.807, 2.05) is 52.9 Å². The zero-order valence-corrected chi connectivity index (χ0v) is 11.0. The second-order valence-electron chi connectivity index (χ2n) is 3.30. The molecule has 0 aliphatic rings. The van der Waals surface area contributed by atoms with E-state index < -0.39 is 5.97 Å². The number of carbonyl (C=O) groups excluding carboxylic acids is 1. The smallest absolute Gasteiger partial charge is 0.341 e. The van der Waals surface area contributed by atoms with E-state index in [-0.39, 0.29) is 6.61 Å². The summed E-state index contributed by atoms with van der Waals surface area (Å²) in [6.07, 6.45) is 2.92. The molecule has 0 fully saturated rings. The Morgan fingerprint density at radius 3 is 2.47 bits per heavy atom. The molecule has 5 heteroatoms. The van der Waals surface area contributed by atoms with Crippen LogP contribution in [-0.4, -0.2) is 15.9 Å². The van der Waals surface area contributed by atoms with Gasteiger partial charge in [0, 0.05) is 35.0 Å². The zero-order chi connectivity index (χ0) is 12.1. The minimum absolute atomic E-state index is 0.256. The Kier molecular flexibility index (Phi) is 4.03. The fourth-order valence-corrected chi connectivity index (χ4v) is 1.50. The molecule has 0 saturated heterocycles. The molecule has 0 saturated carbocycles. The predicted octanol–water partition coefficient (Wildman–Crippen LogP) is 2.44. The maximum atomic E-state index is 11.6. The number of halogens is 1. The number of benzene rings is 1. The van der Waals surface area contributed by atoms with Crippen molar-refractivity contribution < 1.29 is 9.53 Å². The molecular weight excluding hydrogens is 331 g/mol. The highest BCUT2D eigenvalue weighted by Gasteiger charge is 2.08. The van der Waals surface area contributed by atoms with Gasteiger partial charge in [0.15, 0.2) is 3.83 Å². The van der Waals surface area contributed by atoms with Crippen molar-refractivity contribution in [2.75, 3.05) is 0 Å². The lowest BCUT2D eigenvalue weighted by atomic mass is 10.2. The van der Waals surface area contributed by atoms with Crippen LogP contribution in [0.1, 0.15) is 15.9 Å². The molecule has 4 nitrogen and oxygen atoms in total. The van der Waals surface area contributed by atoms with Crippen molar-refractivity contribution >= 4 is 28.6 Å². The van der Waals surface area contributed by atoms with Gasteiger partial charge in [-0.3, -0.25) is 0 Å². The Hall–Kier alpha value is -1.50. The molecule has 0 bridgehead atoms. The Morgan fingerprint density at radius 2 is 1.82 bits per heavy atom. The fraction of sp³-hybridized carbons (Fsp3) is 0.0833. The molecule has 17 heavy (non-hydrogen) atoms. The van der Waals surface area contributed by atoms with Gasteiger partial charge in [-0.15, -0.1) is 0 Å². The number of nitrogens with zero attached hydrogens (tertiary/aromatic N) is 2. The summed E-state index contributed by atoms with van der Waals surface area (Å²) in [5.74, 6) is -0.412. The highest BCUT2D eigenvalue weighted by Crippen LogP contribution is 2.05. The molecule has 0 atom stereocenters. The van der Waals surface area contributed by atoms with Crippen molar-refractivity contribution in [2.45, 2.75) is 6.61 Å². The highest BCUT2D eigenvalue weighted by atomic mass is 127. The van der Waals surface area contributed by atoms with Crippen molar-refractivity contribution in [1.29, 1.82) is 0 Å². The van der Waals surface area contributed by atoms with Gasteiger partial charge in [-0.1, -0.05) is 30.3 Å². The number of hydrogen-bond acceptors (Lipinski definition) is 4. The van der Waals surface area contributed by atoms with Gasteiger partial charge in [0.1, 0.15) is 6.61 Å². The fourth-order valence-electron chi connectivity index (χ4n) is 1.22. The molecule has 1 aromatic carbocycles. The summed E-state index contributed by atoms with van der Waals surface area (Å²) >= 11 is 1.98. The third-order valence-corrected chi connectivity index (χ3v) is 2.63. The summed E-state index contributed by atoms with van der Waals surface area (Å²) < 4.78 is 5.73. The van der Waals surface area contributed by atoms with E-state index in [4.69, 9.17) is 4.74 Å². The van der Waals surface area contributed by atoms with Gasteiger partial charge in [0.2, 0.25) is 0 Å². The maximum Gasteiger partial charge on any atom is 0.341 e. The molecule has 2 rings (SSSR count). The predicted molar refractivity (Wildman–Crippen MR) is 70.3 cm³/mol. The van der Waals surface area contributed by atoms with Gasteiger partial charge in [-0.2, -0.15) is 0 Å². The highest BCUT2D eigenvalue weighted by molar-refractivity contribution is 14.1. The largest absolute Gasteiger partial charge is 0.457 e. The quantitative estimate of drug-likeness (QED) is 0.489. The van der Waals surface area contributed by atoms with E-state index >= 15 is 0 Å². The number of esters is 1. The summed E-state index contributed by atoms with van der Waals surface area (Å²) in [6, 6.07) is 9.52. The minimum Gasteiger partial charge on any atom is -0.457 e. The molecule has 0 aliphatic heterocycles. The van der Waals surface area contributed by atoms with Gasteiger partial charge >= 0.3 is 5.97 Å². The standard InChI is InChI=1S/C12H9IN2O2/c13-12-14-6-10(7-15-12)11(16)17-8-9-4-2-1-3-5-9/h1-7H,8H2. The van der Waals surface area contributed by atoms with Gasteiger partial charge in [0.05, 0.1) is 5.56 Å². The molecule has 1 aromatic heterocycles. The van der Waals surface area contributed by atoms with Gasteiger partial charge in [-0.25, -0.2) is 14.8 Å². The maximum absolute atomic E-state index is 11.6. The first kappa shape index (κ1) is 12.0. The third-order valence-electron chi connectivity index (χ3n) is 2.07. The number of aromatic nitrogens is 2. The Labute approximate surface area is 112 Å². The first-order chi connectivity index (χ1) is 8.25. The SMILES string of the molecule is O=C(OCc1ccccc1)c1cnc(I)nc1. The van der Waals surface area contributed by atoms with Crippen LogP contribution in [0.4, 0.5) is 0 Å². The molecule has 1 heterocycles. The van der Waals surface area contributed by atoms with Crippen LogP contribution in [-0.2, 0) is 11.3 Å². The molecule has 0 spiro atoms. The number of ether oxygens (including phenoxy) is 1. The van der Waals surface area contributed by atoms with E-state index in [1.165, 1.54) is 12.4 Å². The van der Waals surface area contributed by atoms with Crippen LogP contribution in [0.5, 0.6) is 0 Å². The van der Waals surface area contributed by atoms with Crippen molar-refractivity contribution in [3.8, 4) is 0 Å². The lowest BCUT2D eigenvalue weighted by Crippen LogP contribution is -2.06. The van der Waals surface area contributed by atoms with Gasteiger partial charge in [0.25, 0.3) is 0 Å². The van der Waals surface area contributed by atoms with Gasteiger partial charge in [-0.05, 0) is 5.56 Å². The van der Waals surface area contributed by atoms with Crippen LogP contribution in [0.2, 0.25) is 0 Å². The van der Waals surface area contributed by atoms with Crippen molar-refractivity contribution in [2.24, 2.45) is 0 Å². The second-order valence-corrected chi connectivity index (χ2v) is 4.27. The number of carbonyl (C=O) groups is 1. The summed E-state index contributed by atoms with van der Waals surface area (Å²) in [5.41, 5.74) is 1.31. The minimum atomic E-state index is -0.412. The molecule has 0 aliphatic carbocycles. The van der Waals surface area contributed by atoms with Crippen LogP contribution in [0.3, 0.4) is 0 Å². The second kappa shape index (κ2) is 5.72. The average molecular weight is 340 g/mol. The number of hydrogen-bond donors (Lipinski definition) is 0. The molecule has 0 radical (unpaired) electrons. The van der Waals surface area contributed by atoms with Crippen molar-refractivity contribution in [3.05, 3.63) is 57.7 Å². The Bertz CT molecular complexity index is 500. The lowest BCUT2D eigenvalue weighted by molar-refractivity contribution is 0.0471. The van der Waals surface area contributed by atoms with E-state index in [0.29, 0.717) is 9.39 Å². The summed E-state index contributed by atoms with van der Waals surface area (Å²) in [6.45, 7) is 0.256. The third kappa shape index (κ3) is 3.48. The molecule has 0 unspecified atom stereocenters. The Morgan fingerprint density at radius 1 is 1.18 bits per heavy atom. The monoisotopic (exact) mass is 340 g/mol. The van der Waals surface area contributed by atoms with Crippen LogP contribution in [0.25, 0.3) is 0 Å². The van der Waals surface area contributed by atoms with Crippen LogP contribution >= 0.6 is 22.6 Å². The van der Waals surface area contributed by atoms with E-state index in [9.17, 15) is 4.79 Å². The summed E-state index contributed by atoms with van der Waals surface area (Å²) in [7, 11) is 0. The van der Waals surface area contributed by atoms with Gasteiger partial charge < -0.3 is 4.74 Å². The molecule has 0 N–H and O–H groups in total. The van der Waals surface area contributed by atoms with Crippen molar-refractivity contribution in [3.63, 3.8) is 0 Å². The van der Waals surface area contributed by atoms with E-state index in [0.717, 1.165) is 5.56 Å². The normalized spacial score (nSPS) is 9.94. The molecule has 86 valence electrons. The number of rotatable bonds is 3. The van der Waals surface area contributed by atoms with E-state index in [2.05, 4.69) is 9.97 Å². The summed E-state index contributed by atoms with van der Waals surface area (Å²) in [5, 5.41) is 0. The first-order valence-corrected chi connectivity index (χ1v) is 6.02. The zero-order valence-electron chi connectivity index (χ0n) is 8.84. The average Bonchev–Trinajstić information content (AvgIpc) is 2.38. The topological polar surface area (TPSA) is 52.1 Å². The van der Waals surface area contributed by atoms with Crippen molar-refractivity contribution in [1.82, 2.24) is 9.97 Å². The van der Waals surface area contributed by atoms with E-state index in [1.54, 1.807) is 0 Å². The lowest BCUT2D eigenvalue weighted by Gasteiger charge is -2.04. The molecule has 2 aromatic rings. The molecule has 0 amide bonds. The summed E-state index contributed by atoms with van der Waals surface area (Å²) in [4.78, 5) is 19.5. The van der Waals surface area contributed by atoms with Crippen LogP contribution in [0.15, 0.2) is 42.7 Å². The van der Waals surface area contributed by atoms with Crippen LogP contribution < -0.4 is 0 Å². The Balaban J connectivity index is 1.96. The molecular formula is C12H9IN2O2. The van der Waals surface area contributed by atoms with Crippen LogP contribution in [0, 0.1) is 3.83 Å². The first-order valence-electron chi connectivity index (χ1n) is 4.94.